The van der Waals surface area contributed by atoms with Gasteiger partial charge in [-0.1, -0.05) is 31.4 Å². The Balaban J connectivity index is 1.96. The molecule has 0 spiro atoms. The zero-order valence-corrected chi connectivity index (χ0v) is 13.7. The Morgan fingerprint density at radius 3 is 2.64 bits per heavy atom. The van der Waals surface area contributed by atoms with Crippen LogP contribution >= 0.6 is 0 Å². The van der Waals surface area contributed by atoms with Crippen LogP contribution in [-0.2, 0) is 14.8 Å². The molecule has 0 saturated heterocycles. The molecule has 1 aliphatic rings. The maximum absolute atomic E-state index is 12.1. The first-order valence-corrected chi connectivity index (χ1v) is 9.33. The van der Waals surface area contributed by atoms with Crippen molar-refractivity contribution in [2.75, 3.05) is 0 Å². The molecule has 0 heterocycles. The van der Waals surface area contributed by atoms with E-state index < -0.39 is 10.0 Å². The Morgan fingerprint density at radius 2 is 2.00 bits per heavy atom. The van der Waals surface area contributed by atoms with Crippen LogP contribution in [0.1, 0.15) is 57.1 Å². The van der Waals surface area contributed by atoms with Crippen molar-refractivity contribution in [1.82, 2.24) is 5.32 Å². The fourth-order valence-corrected chi connectivity index (χ4v) is 3.57. The Labute approximate surface area is 132 Å². The first kappa shape index (κ1) is 17.0. The van der Waals surface area contributed by atoms with Gasteiger partial charge in [0.1, 0.15) is 0 Å². The summed E-state index contributed by atoms with van der Waals surface area (Å²) in [5, 5.41) is 8.08. The molecule has 1 aromatic carbocycles. The van der Waals surface area contributed by atoms with Crippen molar-refractivity contribution in [2.45, 2.75) is 56.4 Å². The van der Waals surface area contributed by atoms with Gasteiger partial charge in [-0.2, -0.15) is 0 Å². The van der Waals surface area contributed by atoms with Crippen LogP contribution in [0.5, 0.6) is 0 Å². The predicted molar refractivity (Wildman–Crippen MR) is 85.6 cm³/mol. The highest BCUT2D eigenvalue weighted by Crippen LogP contribution is 2.26. The predicted octanol–water partition coefficient (Wildman–Crippen LogP) is 2.48. The number of hydrogen-bond donors (Lipinski definition) is 2. The van der Waals surface area contributed by atoms with E-state index in [0.29, 0.717) is 12.3 Å². The third kappa shape index (κ3) is 4.81. The summed E-state index contributed by atoms with van der Waals surface area (Å²) < 4.78 is 22.8. The average Bonchev–Trinajstić information content (AvgIpc) is 2.47. The fraction of sp³-hybridized carbons (Fsp3) is 0.562. The SMILES string of the molecule is C[C@@H](NC(=O)CC1CCCCC1)c1cccc(S(N)(=O)=O)c1. The van der Waals surface area contributed by atoms with E-state index in [1.54, 1.807) is 12.1 Å². The molecule has 1 aromatic rings. The summed E-state index contributed by atoms with van der Waals surface area (Å²) in [6.45, 7) is 1.85. The number of rotatable bonds is 5. The second kappa shape index (κ2) is 7.24. The van der Waals surface area contributed by atoms with Gasteiger partial charge in [-0.25, -0.2) is 13.6 Å². The van der Waals surface area contributed by atoms with Gasteiger partial charge >= 0.3 is 0 Å². The molecule has 22 heavy (non-hydrogen) atoms. The lowest BCUT2D eigenvalue weighted by molar-refractivity contribution is -0.122. The molecule has 3 N–H and O–H groups in total. The van der Waals surface area contributed by atoms with Crippen molar-refractivity contribution < 1.29 is 13.2 Å². The molecule has 0 aromatic heterocycles. The zero-order valence-electron chi connectivity index (χ0n) is 12.9. The van der Waals surface area contributed by atoms with E-state index >= 15 is 0 Å². The molecule has 2 rings (SSSR count). The smallest absolute Gasteiger partial charge is 0.238 e. The Morgan fingerprint density at radius 1 is 1.32 bits per heavy atom. The Bertz CT molecular complexity index is 622. The molecule has 1 amide bonds. The Kier molecular flexibility index (Phi) is 5.58. The Hall–Kier alpha value is -1.40. The number of sulfonamides is 1. The number of nitrogens with two attached hydrogens (primary N) is 1. The van der Waals surface area contributed by atoms with Gasteiger partial charge in [0.15, 0.2) is 0 Å². The number of benzene rings is 1. The highest BCUT2D eigenvalue weighted by atomic mass is 32.2. The fourth-order valence-electron chi connectivity index (χ4n) is 3.00. The van der Waals surface area contributed by atoms with E-state index in [1.807, 2.05) is 6.92 Å². The number of amides is 1. The normalized spacial score (nSPS) is 17.9. The van der Waals surface area contributed by atoms with Crippen molar-refractivity contribution in [2.24, 2.45) is 11.1 Å². The van der Waals surface area contributed by atoms with E-state index in [0.717, 1.165) is 18.4 Å². The summed E-state index contributed by atoms with van der Waals surface area (Å²) in [5.41, 5.74) is 0.739. The third-order valence-corrected chi connectivity index (χ3v) is 5.17. The van der Waals surface area contributed by atoms with Crippen LogP contribution in [0.25, 0.3) is 0 Å². The number of hydrogen-bond acceptors (Lipinski definition) is 3. The number of primary sulfonamides is 1. The molecule has 5 nitrogen and oxygen atoms in total. The van der Waals surface area contributed by atoms with Crippen LogP contribution < -0.4 is 10.5 Å². The number of carbonyl (C=O) groups excluding carboxylic acids is 1. The molecule has 6 heteroatoms. The average molecular weight is 324 g/mol. The topological polar surface area (TPSA) is 89.3 Å². The summed E-state index contributed by atoms with van der Waals surface area (Å²) in [6.07, 6.45) is 6.51. The lowest BCUT2D eigenvalue weighted by atomic mass is 9.87. The summed E-state index contributed by atoms with van der Waals surface area (Å²) in [7, 11) is -3.72. The molecule has 1 fully saturated rings. The van der Waals surface area contributed by atoms with Gasteiger partial charge in [0.2, 0.25) is 15.9 Å². The maximum Gasteiger partial charge on any atom is 0.238 e. The second-order valence-electron chi connectivity index (χ2n) is 6.11. The van der Waals surface area contributed by atoms with Crippen LogP contribution in [0.4, 0.5) is 0 Å². The van der Waals surface area contributed by atoms with E-state index in [2.05, 4.69) is 5.32 Å². The first-order valence-electron chi connectivity index (χ1n) is 7.78. The molecule has 1 aliphatic carbocycles. The molecular weight excluding hydrogens is 300 g/mol. The monoisotopic (exact) mass is 324 g/mol. The van der Waals surface area contributed by atoms with Crippen LogP contribution in [0, 0.1) is 5.92 Å². The second-order valence-corrected chi connectivity index (χ2v) is 7.68. The van der Waals surface area contributed by atoms with Crippen molar-refractivity contribution in [3.63, 3.8) is 0 Å². The van der Waals surface area contributed by atoms with Gasteiger partial charge in [-0.3, -0.25) is 4.79 Å². The van der Waals surface area contributed by atoms with Gasteiger partial charge in [0.25, 0.3) is 0 Å². The number of nitrogens with one attached hydrogen (secondary N) is 1. The van der Waals surface area contributed by atoms with E-state index in [1.165, 1.54) is 31.4 Å². The van der Waals surface area contributed by atoms with Gasteiger partial charge in [-0.05, 0) is 43.4 Å². The lowest BCUT2D eigenvalue weighted by Gasteiger charge is -2.22. The van der Waals surface area contributed by atoms with Crippen molar-refractivity contribution in [3.8, 4) is 0 Å². The summed E-state index contributed by atoms with van der Waals surface area (Å²) in [5.74, 6) is 0.511. The van der Waals surface area contributed by atoms with E-state index in [4.69, 9.17) is 5.14 Å². The molecule has 0 aliphatic heterocycles. The van der Waals surface area contributed by atoms with Crippen molar-refractivity contribution in [1.29, 1.82) is 0 Å². The molecule has 0 unspecified atom stereocenters. The van der Waals surface area contributed by atoms with Gasteiger partial charge < -0.3 is 5.32 Å². The minimum atomic E-state index is -3.72. The van der Waals surface area contributed by atoms with Crippen molar-refractivity contribution in [3.05, 3.63) is 29.8 Å². The van der Waals surface area contributed by atoms with Crippen molar-refractivity contribution >= 4 is 15.9 Å². The van der Waals surface area contributed by atoms with Crippen LogP contribution in [-0.4, -0.2) is 14.3 Å². The molecule has 1 atom stereocenters. The summed E-state index contributed by atoms with van der Waals surface area (Å²) in [6, 6.07) is 6.16. The third-order valence-electron chi connectivity index (χ3n) is 4.26. The maximum atomic E-state index is 12.1. The standard InChI is InChI=1S/C16H24N2O3S/c1-12(14-8-5-9-15(11-14)22(17,20)21)18-16(19)10-13-6-3-2-4-7-13/h5,8-9,11-13H,2-4,6-7,10H2,1H3,(H,18,19)(H2,17,20,21)/t12-/m1/s1. The summed E-state index contributed by atoms with van der Waals surface area (Å²) >= 11 is 0. The molecule has 122 valence electrons. The highest BCUT2D eigenvalue weighted by molar-refractivity contribution is 7.89. The molecule has 0 radical (unpaired) electrons. The van der Waals surface area contributed by atoms with Gasteiger partial charge in [0.05, 0.1) is 10.9 Å². The van der Waals surface area contributed by atoms with Crippen LogP contribution in [0.15, 0.2) is 29.2 Å². The highest BCUT2D eigenvalue weighted by Gasteiger charge is 2.19. The minimum absolute atomic E-state index is 0.0282. The lowest BCUT2D eigenvalue weighted by Crippen LogP contribution is -2.29. The molecule has 1 saturated carbocycles. The van der Waals surface area contributed by atoms with Gasteiger partial charge in [0, 0.05) is 6.42 Å². The van der Waals surface area contributed by atoms with Crippen LogP contribution in [0.2, 0.25) is 0 Å². The molecule has 0 bridgehead atoms. The number of carbonyl (C=O) groups is 1. The van der Waals surface area contributed by atoms with E-state index in [9.17, 15) is 13.2 Å². The molecular formula is C16H24N2O3S. The zero-order chi connectivity index (χ0) is 16.2. The summed E-state index contributed by atoms with van der Waals surface area (Å²) in [4.78, 5) is 12.2. The van der Waals surface area contributed by atoms with E-state index in [-0.39, 0.29) is 16.8 Å². The minimum Gasteiger partial charge on any atom is -0.350 e. The van der Waals surface area contributed by atoms with Gasteiger partial charge in [-0.15, -0.1) is 0 Å². The quantitative estimate of drug-likeness (QED) is 0.872. The van der Waals surface area contributed by atoms with Crippen LogP contribution in [0.3, 0.4) is 0 Å². The first-order chi connectivity index (χ1) is 10.4. The largest absolute Gasteiger partial charge is 0.350 e.